The van der Waals surface area contributed by atoms with Crippen molar-refractivity contribution in [2.75, 3.05) is 20.8 Å². The van der Waals surface area contributed by atoms with Crippen LogP contribution in [0, 0.1) is 0 Å². The third kappa shape index (κ3) is 2.42. The van der Waals surface area contributed by atoms with Gasteiger partial charge in [0.2, 0.25) is 0 Å². The predicted molar refractivity (Wildman–Crippen MR) is 71.1 cm³/mol. The van der Waals surface area contributed by atoms with Crippen molar-refractivity contribution in [3.05, 3.63) is 23.3 Å². The first-order valence-corrected chi connectivity index (χ1v) is 4.60. The number of fused-ring (bicyclic) bond motifs is 1. The van der Waals surface area contributed by atoms with Gasteiger partial charge in [-0.3, -0.25) is 4.99 Å². The Labute approximate surface area is 107 Å². The van der Waals surface area contributed by atoms with E-state index >= 15 is 0 Å². The number of hydrogen-bond acceptors (Lipinski definition) is 3. The summed E-state index contributed by atoms with van der Waals surface area (Å²) in [6.07, 6.45) is 2.87. The van der Waals surface area contributed by atoms with Crippen molar-refractivity contribution in [2.45, 2.75) is 6.42 Å². The highest BCUT2D eigenvalue weighted by Gasteiger charge is 2.11. The molecule has 0 saturated carbocycles. The Morgan fingerprint density at radius 3 is 2.47 bits per heavy atom. The van der Waals surface area contributed by atoms with E-state index < -0.39 is 0 Å². The number of benzene rings is 1. The zero-order valence-corrected chi connectivity index (χ0v) is 11.1. The summed E-state index contributed by atoms with van der Waals surface area (Å²) in [7, 11) is 3.30. The molecule has 1 aromatic carbocycles. The maximum Gasteiger partial charge on any atom is 0.161 e. The molecule has 0 unspecified atom stereocenters. The number of nitrogens with zero attached hydrogens (tertiary/aromatic N) is 1. The smallest absolute Gasteiger partial charge is 0.161 e. The maximum absolute atomic E-state index is 5.23. The summed E-state index contributed by atoms with van der Waals surface area (Å²) in [5.41, 5.74) is 2.41. The van der Waals surface area contributed by atoms with Gasteiger partial charge in [-0.25, -0.2) is 0 Å². The van der Waals surface area contributed by atoms with Crippen LogP contribution in [0.2, 0.25) is 0 Å². The summed E-state index contributed by atoms with van der Waals surface area (Å²) in [6, 6.07) is 4.00. The van der Waals surface area contributed by atoms with E-state index in [0.29, 0.717) is 0 Å². The highest BCUT2D eigenvalue weighted by molar-refractivity contribution is 14.0. The normalized spacial score (nSPS) is 12.7. The fourth-order valence-corrected chi connectivity index (χ4v) is 1.62. The van der Waals surface area contributed by atoms with E-state index in [4.69, 9.17) is 9.47 Å². The zero-order valence-electron chi connectivity index (χ0n) is 8.82. The minimum atomic E-state index is 0. The van der Waals surface area contributed by atoms with E-state index in [0.717, 1.165) is 30.0 Å². The number of methoxy groups -OCH3 is 2. The van der Waals surface area contributed by atoms with Crippen LogP contribution in [-0.4, -0.2) is 27.0 Å². The molecule has 0 aromatic heterocycles. The van der Waals surface area contributed by atoms with Gasteiger partial charge in [0.25, 0.3) is 0 Å². The van der Waals surface area contributed by atoms with E-state index in [1.54, 1.807) is 14.2 Å². The summed E-state index contributed by atoms with van der Waals surface area (Å²) in [5, 5.41) is 0. The van der Waals surface area contributed by atoms with Crippen molar-refractivity contribution >= 4 is 30.2 Å². The van der Waals surface area contributed by atoms with E-state index in [9.17, 15) is 0 Å². The number of halogens is 1. The SMILES string of the molecule is COc1cc2c(cc1OC)CCN=C2.I. The molecule has 0 spiro atoms. The first-order valence-electron chi connectivity index (χ1n) is 4.60. The average Bonchev–Trinajstić information content (AvgIpc) is 2.27. The van der Waals surface area contributed by atoms with Crippen LogP contribution in [-0.2, 0) is 6.42 Å². The molecule has 15 heavy (non-hydrogen) atoms. The molecule has 82 valence electrons. The van der Waals surface area contributed by atoms with Gasteiger partial charge in [-0.05, 0) is 29.7 Å². The molecule has 3 nitrogen and oxygen atoms in total. The van der Waals surface area contributed by atoms with Gasteiger partial charge in [-0.2, -0.15) is 0 Å². The van der Waals surface area contributed by atoms with Crippen LogP contribution >= 0.6 is 24.0 Å². The van der Waals surface area contributed by atoms with Crippen molar-refractivity contribution in [2.24, 2.45) is 4.99 Å². The lowest BCUT2D eigenvalue weighted by molar-refractivity contribution is 0.354. The molecule has 1 aromatic rings. The number of aliphatic imine (C=N–C) groups is 1. The Morgan fingerprint density at radius 2 is 1.80 bits per heavy atom. The molecule has 0 aliphatic carbocycles. The van der Waals surface area contributed by atoms with Gasteiger partial charge in [-0.15, -0.1) is 24.0 Å². The van der Waals surface area contributed by atoms with Crippen molar-refractivity contribution in [3.8, 4) is 11.5 Å². The highest BCUT2D eigenvalue weighted by atomic mass is 127. The molecule has 0 saturated heterocycles. The molecule has 0 atom stereocenters. The Balaban J connectivity index is 0.00000112. The van der Waals surface area contributed by atoms with Gasteiger partial charge in [0.05, 0.1) is 14.2 Å². The Morgan fingerprint density at radius 1 is 1.13 bits per heavy atom. The Hall–Kier alpha value is -0.780. The summed E-state index contributed by atoms with van der Waals surface area (Å²) < 4.78 is 10.4. The molecule has 1 heterocycles. The standard InChI is InChI=1S/C11H13NO2.HI/c1-13-10-5-8-3-4-12-7-9(8)6-11(10)14-2;/h5-7H,3-4H2,1-2H3;1H. The van der Waals surface area contributed by atoms with Crippen molar-refractivity contribution in [1.82, 2.24) is 0 Å². The Bertz CT molecular complexity index is 377. The molecular weight excluding hydrogens is 305 g/mol. The summed E-state index contributed by atoms with van der Waals surface area (Å²) >= 11 is 0. The molecule has 1 aliphatic rings. The summed E-state index contributed by atoms with van der Waals surface area (Å²) in [4.78, 5) is 4.23. The number of hydrogen-bond donors (Lipinski definition) is 0. The molecule has 0 bridgehead atoms. The average molecular weight is 319 g/mol. The van der Waals surface area contributed by atoms with Crippen LogP contribution < -0.4 is 9.47 Å². The molecule has 4 heteroatoms. The van der Waals surface area contributed by atoms with E-state index in [1.165, 1.54) is 5.56 Å². The lowest BCUT2D eigenvalue weighted by atomic mass is 10.0. The van der Waals surface area contributed by atoms with E-state index in [1.807, 2.05) is 18.3 Å². The van der Waals surface area contributed by atoms with E-state index in [-0.39, 0.29) is 24.0 Å². The van der Waals surface area contributed by atoms with Crippen molar-refractivity contribution in [3.63, 3.8) is 0 Å². The second kappa shape index (κ2) is 5.34. The minimum absolute atomic E-state index is 0. The lowest BCUT2D eigenvalue weighted by Crippen LogP contribution is -2.04. The first kappa shape index (κ1) is 12.3. The number of rotatable bonds is 2. The second-order valence-electron chi connectivity index (χ2n) is 3.19. The Kier molecular flexibility index (Phi) is 4.38. The summed E-state index contributed by atoms with van der Waals surface area (Å²) in [6.45, 7) is 0.864. The molecule has 0 fully saturated rings. The van der Waals surface area contributed by atoms with Crippen LogP contribution in [0.25, 0.3) is 0 Å². The van der Waals surface area contributed by atoms with Gasteiger partial charge in [0.15, 0.2) is 11.5 Å². The third-order valence-electron chi connectivity index (χ3n) is 2.39. The largest absolute Gasteiger partial charge is 0.493 e. The van der Waals surface area contributed by atoms with Crippen LogP contribution in [0.3, 0.4) is 0 Å². The monoisotopic (exact) mass is 319 g/mol. The first-order chi connectivity index (χ1) is 6.85. The maximum atomic E-state index is 5.23. The van der Waals surface area contributed by atoms with Crippen LogP contribution in [0.5, 0.6) is 11.5 Å². The fraction of sp³-hybridized carbons (Fsp3) is 0.364. The quantitative estimate of drug-likeness (QED) is 0.783. The molecule has 1 aliphatic heterocycles. The topological polar surface area (TPSA) is 30.8 Å². The molecular formula is C11H14INO2. The molecule has 0 amide bonds. The molecule has 0 N–H and O–H groups in total. The summed E-state index contributed by atoms with van der Waals surface area (Å²) in [5.74, 6) is 1.56. The zero-order chi connectivity index (χ0) is 9.97. The van der Waals surface area contributed by atoms with Crippen LogP contribution in [0.15, 0.2) is 17.1 Å². The van der Waals surface area contributed by atoms with Crippen molar-refractivity contribution < 1.29 is 9.47 Å². The van der Waals surface area contributed by atoms with E-state index in [2.05, 4.69) is 4.99 Å². The molecule has 0 radical (unpaired) electrons. The fourth-order valence-electron chi connectivity index (χ4n) is 1.62. The van der Waals surface area contributed by atoms with Crippen molar-refractivity contribution in [1.29, 1.82) is 0 Å². The van der Waals surface area contributed by atoms with Crippen LogP contribution in [0.4, 0.5) is 0 Å². The molecule has 2 rings (SSSR count). The van der Waals surface area contributed by atoms with Gasteiger partial charge in [0.1, 0.15) is 0 Å². The third-order valence-corrected chi connectivity index (χ3v) is 2.39. The van der Waals surface area contributed by atoms with Gasteiger partial charge in [0, 0.05) is 12.8 Å². The van der Waals surface area contributed by atoms with Gasteiger partial charge >= 0.3 is 0 Å². The predicted octanol–water partition coefficient (Wildman–Crippen LogP) is 2.30. The van der Waals surface area contributed by atoms with Gasteiger partial charge in [-0.1, -0.05) is 0 Å². The highest BCUT2D eigenvalue weighted by Crippen LogP contribution is 2.30. The number of ether oxygens (including phenoxy) is 2. The van der Waals surface area contributed by atoms with Crippen LogP contribution in [0.1, 0.15) is 11.1 Å². The lowest BCUT2D eigenvalue weighted by Gasteiger charge is -2.14. The van der Waals surface area contributed by atoms with Gasteiger partial charge < -0.3 is 9.47 Å². The minimum Gasteiger partial charge on any atom is -0.493 e. The second-order valence-corrected chi connectivity index (χ2v) is 3.19.